The Hall–Kier alpha value is -3.81. The number of benzene rings is 2. The van der Waals surface area contributed by atoms with Crippen LogP contribution in [0.15, 0.2) is 48.5 Å². The summed E-state index contributed by atoms with van der Waals surface area (Å²) in [6, 6.07) is 14.3. The number of anilines is 1. The molecule has 0 unspecified atom stereocenters. The van der Waals surface area contributed by atoms with Gasteiger partial charge in [0.1, 0.15) is 17.5 Å². The van der Waals surface area contributed by atoms with E-state index in [2.05, 4.69) is 51.7 Å². The molecule has 0 spiro atoms. The van der Waals surface area contributed by atoms with E-state index in [9.17, 15) is 9.18 Å². The predicted molar refractivity (Wildman–Crippen MR) is 158 cm³/mol. The Balaban J connectivity index is 1.44. The van der Waals surface area contributed by atoms with Gasteiger partial charge in [0.25, 0.3) is 5.91 Å². The highest BCUT2D eigenvalue weighted by molar-refractivity contribution is 5.95. The van der Waals surface area contributed by atoms with E-state index in [4.69, 9.17) is 15.1 Å². The van der Waals surface area contributed by atoms with Gasteiger partial charge in [-0.05, 0) is 60.7 Å². The Morgan fingerprint density at radius 3 is 2.23 bits per heavy atom. The van der Waals surface area contributed by atoms with Gasteiger partial charge in [0.15, 0.2) is 5.65 Å². The Morgan fingerprint density at radius 2 is 1.62 bits per heavy atom. The fourth-order valence-corrected chi connectivity index (χ4v) is 5.37. The van der Waals surface area contributed by atoms with Gasteiger partial charge in [0.05, 0.1) is 16.8 Å². The number of fused-ring (bicyclic) bond motifs is 1. The molecule has 1 atom stereocenters. The minimum Gasteiger partial charge on any atom is -0.352 e. The number of carbonyl (C=O) groups excluding carboxylic acids is 1. The lowest BCUT2D eigenvalue weighted by atomic mass is 9.86. The molecular formula is C32H39FN6O. The van der Waals surface area contributed by atoms with Crippen molar-refractivity contribution in [2.45, 2.75) is 65.7 Å². The molecule has 2 aromatic carbocycles. The zero-order valence-corrected chi connectivity index (χ0v) is 24.4. The first-order valence-electron chi connectivity index (χ1n) is 14.2. The van der Waals surface area contributed by atoms with E-state index in [1.54, 1.807) is 16.8 Å². The zero-order chi connectivity index (χ0) is 28.6. The van der Waals surface area contributed by atoms with Gasteiger partial charge >= 0.3 is 0 Å². The van der Waals surface area contributed by atoms with Gasteiger partial charge in [-0.1, -0.05) is 53.2 Å². The number of nitrogens with zero attached hydrogens (tertiary/aromatic N) is 6. The number of rotatable bonds is 6. The van der Waals surface area contributed by atoms with Crippen molar-refractivity contribution in [3.05, 3.63) is 77.0 Å². The third-order valence-corrected chi connectivity index (χ3v) is 7.80. The quantitative estimate of drug-likeness (QED) is 0.281. The second kappa shape index (κ2) is 11.0. The highest BCUT2D eigenvalue weighted by Crippen LogP contribution is 2.32. The van der Waals surface area contributed by atoms with Crippen molar-refractivity contribution >= 4 is 22.8 Å². The molecule has 2 aromatic heterocycles. The van der Waals surface area contributed by atoms with Crippen LogP contribution in [0.4, 0.5) is 10.2 Å². The average Bonchev–Trinajstić information content (AvgIpc) is 3.28. The SMILES string of the molecule is CCC[C@H](C)c1nc(N2CCN(C(=O)c3ccc(C(C)(C)C)cc3)CC2)c2c(C)nn(-c3ccc(F)cc3)c2n1. The molecule has 3 heterocycles. The number of carbonyl (C=O) groups is 1. The van der Waals surface area contributed by atoms with Gasteiger partial charge in [-0.3, -0.25) is 4.79 Å². The maximum atomic E-state index is 13.7. The second-order valence-electron chi connectivity index (χ2n) is 11.9. The van der Waals surface area contributed by atoms with Gasteiger partial charge < -0.3 is 9.80 Å². The average molecular weight is 543 g/mol. The van der Waals surface area contributed by atoms with Gasteiger partial charge in [0.2, 0.25) is 0 Å². The summed E-state index contributed by atoms with van der Waals surface area (Å²) >= 11 is 0. The first-order valence-corrected chi connectivity index (χ1v) is 14.2. The molecule has 5 rings (SSSR count). The number of hydrogen-bond donors (Lipinski definition) is 0. The molecule has 8 heteroatoms. The van der Waals surface area contributed by atoms with Crippen LogP contribution >= 0.6 is 0 Å². The highest BCUT2D eigenvalue weighted by Gasteiger charge is 2.28. The third kappa shape index (κ3) is 5.44. The molecule has 1 aliphatic rings. The summed E-state index contributed by atoms with van der Waals surface area (Å²) in [4.78, 5) is 27.6. The van der Waals surface area contributed by atoms with Crippen molar-refractivity contribution < 1.29 is 9.18 Å². The maximum Gasteiger partial charge on any atom is 0.253 e. The Kier molecular flexibility index (Phi) is 7.62. The summed E-state index contributed by atoms with van der Waals surface area (Å²) in [6.45, 7) is 15.3. The van der Waals surface area contributed by atoms with Crippen molar-refractivity contribution in [3.8, 4) is 5.69 Å². The molecular weight excluding hydrogens is 503 g/mol. The molecule has 0 radical (unpaired) electrons. The van der Waals surface area contributed by atoms with Crippen LogP contribution in [0.1, 0.15) is 80.8 Å². The van der Waals surface area contributed by atoms with E-state index in [-0.39, 0.29) is 23.1 Å². The number of amides is 1. The maximum absolute atomic E-state index is 13.7. The van der Waals surface area contributed by atoms with Gasteiger partial charge in [-0.15, -0.1) is 0 Å². The van der Waals surface area contributed by atoms with Gasteiger partial charge in [0, 0.05) is 37.7 Å². The van der Waals surface area contributed by atoms with Crippen LogP contribution < -0.4 is 4.90 Å². The summed E-state index contributed by atoms with van der Waals surface area (Å²) in [7, 11) is 0. The van der Waals surface area contributed by atoms with Crippen LogP contribution in [0.5, 0.6) is 0 Å². The van der Waals surface area contributed by atoms with Crippen molar-refractivity contribution in [2.75, 3.05) is 31.1 Å². The van der Waals surface area contributed by atoms with Crippen LogP contribution in [0.2, 0.25) is 0 Å². The van der Waals surface area contributed by atoms with Gasteiger partial charge in [-0.25, -0.2) is 19.0 Å². The molecule has 0 N–H and O–H groups in total. The molecule has 40 heavy (non-hydrogen) atoms. The van der Waals surface area contributed by atoms with Gasteiger partial charge in [-0.2, -0.15) is 5.10 Å². The van der Waals surface area contributed by atoms with E-state index in [0.29, 0.717) is 26.2 Å². The van der Waals surface area contributed by atoms with E-state index in [1.807, 2.05) is 24.0 Å². The number of aromatic nitrogens is 4. The van der Waals surface area contributed by atoms with E-state index in [1.165, 1.54) is 17.7 Å². The summed E-state index contributed by atoms with van der Waals surface area (Å²) in [5, 5.41) is 5.70. The molecule has 0 bridgehead atoms. The molecule has 1 aliphatic heterocycles. The molecule has 1 saturated heterocycles. The minimum atomic E-state index is -0.290. The Morgan fingerprint density at radius 1 is 0.975 bits per heavy atom. The summed E-state index contributed by atoms with van der Waals surface area (Å²) in [6.07, 6.45) is 2.01. The third-order valence-electron chi connectivity index (χ3n) is 7.80. The van der Waals surface area contributed by atoms with Crippen LogP contribution in [0, 0.1) is 12.7 Å². The summed E-state index contributed by atoms with van der Waals surface area (Å²) in [5.41, 5.74) is 4.29. The number of aryl methyl sites for hydroxylation is 1. The Labute approximate surface area is 236 Å². The van der Waals surface area contributed by atoms with Crippen molar-refractivity contribution in [2.24, 2.45) is 0 Å². The zero-order valence-electron chi connectivity index (χ0n) is 24.4. The lowest BCUT2D eigenvalue weighted by Crippen LogP contribution is -2.49. The molecule has 1 amide bonds. The highest BCUT2D eigenvalue weighted by atomic mass is 19.1. The number of hydrogen-bond acceptors (Lipinski definition) is 5. The molecule has 0 aliphatic carbocycles. The first-order chi connectivity index (χ1) is 19.1. The van der Waals surface area contributed by atoms with Crippen LogP contribution in [-0.4, -0.2) is 56.7 Å². The Bertz CT molecular complexity index is 1500. The smallest absolute Gasteiger partial charge is 0.253 e. The number of halogens is 1. The summed E-state index contributed by atoms with van der Waals surface area (Å²) in [5.74, 6) is 1.59. The standard InChI is InChI=1S/C32H39FN6O/c1-7-8-21(2)28-34-29(27-22(3)36-39(30(27)35-28)26-15-13-25(33)14-16-26)37-17-19-38(20-18-37)31(40)23-9-11-24(12-10-23)32(4,5)6/h9-16,21H,7-8,17-20H2,1-6H3/t21-/m0/s1. The van der Waals surface area contributed by atoms with Crippen LogP contribution in [0.25, 0.3) is 16.7 Å². The molecule has 1 fully saturated rings. The fourth-order valence-electron chi connectivity index (χ4n) is 5.37. The van der Waals surface area contributed by atoms with E-state index >= 15 is 0 Å². The monoisotopic (exact) mass is 542 g/mol. The molecule has 0 saturated carbocycles. The topological polar surface area (TPSA) is 67.2 Å². The minimum absolute atomic E-state index is 0.0478. The van der Waals surface area contributed by atoms with Crippen molar-refractivity contribution in [1.29, 1.82) is 0 Å². The lowest BCUT2D eigenvalue weighted by Gasteiger charge is -2.36. The molecule has 4 aromatic rings. The normalized spacial score (nSPS) is 15.1. The largest absolute Gasteiger partial charge is 0.352 e. The predicted octanol–water partition coefficient (Wildman–Crippen LogP) is 6.43. The molecule has 210 valence electrons. The molecule has 7 nitrogen and oxygen atoms in total. The van der Waals surface area contributed by atoms with Crippen molar-refractivity contribution in [3.63, 3.8) is 0 Å². The van der Waals surface area contributed by atoms with Crippen molar-refractivity contribution in [1.82, 2.24) is 24.6 Å². The lowest BCUT2D eigenvalue weighted by molar-refractivity contribution is 0.0746. The second-order valence-corrected chi connectivity index (χ2v) is 11.9. The van der Waals surface area contributed by atoms with Crippen LogP contribution in [-0.2, 0) is 5.41 Å². The van der Waals surface area contributed by atoms with E-state index in [0.717, 1.165) is 52.5 Å². The van der Waals surface area contributed by atoms with E-state index < -0.39 is 0 Å². The summed E-state index contributed by atoms with van der Waals surface area (Å²) < 4.78 is 15.4. The number of piperazine rings is 1. The van der Waals surface area contributed by atoms with Crippen LogP contribution in [0.3, 0.4) is 0 Å². The fraction of sp³-hybridized carbons (Fsp3) is 0.438. The first kappa shape index (κ1) is 27.7.